The predicted octanol–water partition coefficient (Wildman–Crippen LogP) is 3.82. The second-order valence-electron chi connectivity index (χ2n) is 9.41. The molecule has 0 aromatic carbocycles. The highest BCUT2D eigenvalue weighted by molar-refractivity contribution is 5.75. The zero-order chi connectivity index (χ0) is 25.4. The van der Waals surface area contributed by atoms with Gasteiger partial charge in [0, 0.05) is 18.2 Å². The highest BCUT2D eigenvalue weighted by Crippen LogP contribution is 2.44. The molecule has 0 spiro atoms. The second-order valence-corrected chi connectivity index (χ2v) is 9.41. The first kappa shape index (κ1) is 23.8. The van der Waals surface area contributed by atoms with Crippen LogP contribution in [0.5, 0.6) is 0 Å². The minimum atomic E-state index is -0.237. The molecule has 0 atom stereocenters. The van der Waals surface area contributed by atoms with Gasteiger partial charge in [-0.3, -0.25) is 14.3 Å². The van der Waals surface area contributed by atoms with Crippen LogP contribution in [0.25, 0.3) is 22.6 Å². The first-order chi connectivity index (χ1) is 17.4. The lowest BCUT2D eigenvalue weighted by atomic mass is 10.1. The van der Waals surface area contributed by atoms with Crippen LogP contribution in [-0.2, 0) is 19.4 Å². The van der Waals surface area contributed by atoms with Gasteiger partial charge in [-0.25, -0.2) is 24.9 Å². The van der Waals surface area contributed by atoms with Crippen LogP contribution in [0.1, 0.15) is 75.1 Å². The van der Waals surface area contributed by atoms with Crippen LogP contribution < -0.4 is 16.6 Å². The van der Waals surface area contributed by atoms with E-state index < -0.39 is 0 Å². The summed E-state index contributed by atoms with van der Waals surface area (Å²) < 4.78 is 1.66. The van der Waals surface area contributed by atoms with E-state index in [1.807, 2.05) is 39.1 Å². The van der Waals surface area contributed by atoms with Crippen molar-refractivity contribution in [1.29, 1.82) is 0 Å². The molecule has 186 valence electrons. The molecular weight excluding hydrogens is 454 g/mol. The number of nitrogens with zero attached hydrogens (tertiary/aromatic N) is 7. The van der Waals surface area contributed by atoms with Crippen molar-refractivity contribution >= 4 is 22.9 Å². The maximum Gasteiger partial charge on any atom is 0.295 e. The molecule has 0 amide bonds. The van der Waals surface area contributed by atoms with E-state index in [1.54, 1.807) is 10.8 Å². The topological polar surface area (TPSA) is 137 Å². The Balaban J connectivity index is 1.58. The van der Waals surface area contributed by atoms with Gasteiger partial charge in [-0.15, -0.1) is 0 Å². The molecule has 5 rings (SSSR count). The number of aryl methyl sites for hydroxylation is 2. The molecule has 4 heterocycles. The quantitative estimate of drug-likeness (QED) is 0.381. The van der Waals surface area contributed by atoms with Gasteiger partial charge in [0.25, 0.3) is 5.56 Å². The summed E-state index contributed by atoms with van der Waals surface area (Å²) in [7, 11) is 0. The van der Waals surface area contributed by atoms with Gasteiger partial charge in [0.1, 0.15) is 5.52 Å². The molecule has 0 radical (unpaired) electrons. The first-order valence-electron chi connectivity index (χ1n) is 12.5. The van der Waals surface area contributed by atoms with E-state index >= 15 is 0 Å². The van der Waals surface area contributed by atoms with Crippen LogP contribution in [0, 0.1) is 0 Å². The molecule has 10 nitrogen and oxygen atoms in total. The average Bonchev–Trinajstić information content (AvgIpc) is 3.72. The number of anilines is 2. The largest absolute Gasteiger partial charge is 0.368 e. The van der Waals surface area contributed by atoms with Gasteiger partial charge in [-0.1, -0.05) is 19.9 Å². The van der Waals surface area contributed by atoms with Gasteiger partial charge < -0.3 is 11.1 Å². The van der Waals surface area contributed by atoms with E-state index in [4.69, 9.17) is 10.7 Å². The average molecular weight is 486 g/mol. The van der Waals surface area contributed by atoms with Crippen molar-refractivity contribution in [2.24, 2.45) is 0 Å². The summed E-state index contributed by atoms with van der Waals surface area (Å²) in [4.78, 5) is 41.0. The Morgan fingerprint density at radius 1 is 1.06 bits per heavy atom. The molecule has 4 aromatic heterocycles. The Morgan fingerprint density at radius 3 is 2.50 bits per heavy atom. The van der Waals surface area contributed by atoms with Gasteiger partial charge in [-0.2, -0.15) is 0 Å². The van der Waals surface area contributed by atoms with Crippen molar-refractivity contribution < 1.29 is 0 Å². The third-order valence-corrected chi connectivity index (χ3v) is 6.43. The van der Waals surface area contributed by atoms with Crippen molar-refractivity contribution in [3.8, 4) is 11.4 Å². The van der Waals surface area contributed by atoms with Crippen LogP contribution in [0.15, 0.2) is 29.3 Å². The summed E-state index contributed by atoms with van der Waals surface area (Å²) in [6.45, 7) is 8.42. The standard InChI is InChI=1S/C26H31N9O/c1-5-15-7-10-17(28-11-15)12-29-23-25(36)35(14(3)4)24-19(31-23)13-30-22(34-24)20-18(6-2)32-26(27)33-21(20)16-8-9-16/h7,10-11,13-14,16H,5-6,8-9,12H2,1-4H3,(H,29,31)(H2,27,32,33). The maximum absolute atomic E-state index is 13.5. The van der Waals surface area contributed by atoms with Gasteiger partial charge in [0.2, 0.25) is 5.95 Å². The zero-order valence-corrected chi connectivity index (χ0v) is 21.1. The van der Waals surface area contributed by atoms with Crippen LogP contribution in [-0.4, -0.2) is 34.5 Å². The molecule has 0 saturated heterocycles. The lowest BCUT2D eigenvalue weighted by molar-refractivity contribution is 0.593. The fourth-order valence-corrected chi connectivity index (χ4v) is 4.36. The van der Waals surface area contributed by atoms with Crippen LogP contribution in [0.2, 0.25) is 0 Å². The number of rotatable bonds is 8. The van der Waals surface area contributed by atoms with E-state index in [2.05, 4.69) is 37.2 Å². The molecule has 1 aliphatic rings. The second kappa shape index (κ2) is 9.60. The predicted molar refractivity (Wildman–Crippen MR) is 140 cm³/mol. The molecule has 4 aromatic rings. The lowest BCUT2D eigenvalue weighted by Crippen LogP contribution is -2.27. The Morgan fingerprint density at radius 2 is 1.86 bits per heavy atom. The van der Waals surface area contributed by atoms with Crippen LogP contribution in [0.4, 0.5) is 11.8 Å². The fourth-order valence-electron chi connectivity index (χ4n) is 4.36. The molecular formula is C26H31N9O. The van der Waals surface area contributed by atoms with E-state index in [-0.39, 0.29) is 23.4 Å². The molecule has 1 aliphatic carbocycles. The SMILES string of the molecule is CCc1ccc(CNc2nc3cnc(-c4c(CC)nc(N)nc4C4CC4)nc3n(C(C)C)c2=O)nc1. The van der Waals surface area contributed by atoms with E-state index in [0.29, 0.717) is 35.9 Å². The summed E-state index contributed by atoms with van der Waals surface area (Å²) in [5.41, 5.74) is 11.3. The van der Waals surface area contributed by atoms with Crippen molar-refractivity contribution in [1.82, 2.24) is 34.5 Å². The Kier molecular flexibility index (Phi) is 6.34. The lowest BCUT2D eigenvalue weighted by Gasteiger charge is -2.17. The Bertz CT molecular complexity index is 1470. The monoisotopic (exact) mass is 485 g/mol. The molecule has 1 saturated carbocycles. The van der Waals surface area contributed by atoms with Crippen molar-refractivity contribution in [3.05, 3.63) is 57.5 Å². The van der Waals surface area contributed by atoms with Gasteiger partial charge >= 0.3 is 0 Å². The third-order valence-electron chi connectivity index (χ3n) is 6.43. The molecule has 0 bridgehead atoms. The molecule has 0 unspecified atom stereocenters. The highest BCUT2D eigenvalue weighted by atomic mass is 16.1. The summed E-state index contributed by atoms with van der Waals surface area (Å²) in [6.07, 6.45) is 7.25. The number of hydrogen-bond acceptors (Lipinski definition) is 9. The number of pyridine rings is 1. The smallest absolute Gasteiger partial charge is 0.295 e. The van der Waals surface area contributed by atoms with Crippen LogP contribution in [0.3, 0.4) is 0 Å². The van der Waals surface area contributed by atoms with Gasteiger partial charge in [0.15, 0.2) is 17.3 Å². The summed E-state index contributed by atoms with van der Waals surface area (Å²) in [6, 6.07) is 3.87. The third kappa shape index (κ3) is 4.50. The number of nitrogen functional groups attached to an aromatic ring is 1. The Labute approximate surface area is 209 Å². The summed E-state index contributed by atoms with van der Waals surface area (Å²) in [5.74, 6) is 1.36. The van der Waals surface area contributed by atoms with Gasteiger partial charge in [0.05, 0.1) is 35.4 Å². The summed E-state index contributed by atoms with van der Waals surface area (Å²) in [5, 5.41) is 3.16. The van der Waals surface area contributed by atoms with Gasteiger partial charge in [-0.05, 0) is 51.2 Å². The van der Waals surface area contributed by atoms with Crippen molar-refractivity contribution in [3.63, 3.8) is 0 Å². The Hall–Kier alpha value is -3.95. The molecule has 0 aliphatic heterocycles. The fraction of sp³-hybridized carbons (Fsp3) is 0.423. The molecule has 36 heavy (non-hydrogen) atoms. The van der Waals surface area contributed by atoms with E-state index in [1.165, 1.54) is 5.56 Å². The van der Waals surface area contributed by atoms with E-state index in [9.17, 15) is 4.79 Å². The maximum atomic E-state index is 13.5. The van der Waals surface area contributed by atoms with Crippen molar-refractivity contribution in [2.45, 2.75) is 71.9 Å². The number of aromatic nitrogens is 7. The number of nitrogens with two attached hydrogens (primary N) is 1. The first-order valence-corrected chi connectivity index (χ1v) is 12.5. The normalized spacial score (nSPS) is 13.5. The van der Waals surface area contributed by atoms with Crippen LogP contribution >= 0.6 is 0 Å². The number of nitrogens with one attached hydrogen (secondary N) is 1. The highest BCUT2D eigenvalue weighted by Gasteiger charge is 2.31. The molecule has 10 heteroatoms. The minimum absolute atomic E-state index is 0.135. The number of fused-ring (bicyclic) bond motifs is 1. The zero-order valence-electron chi connectivity index (χ0n) is 21.1. The molecule has 3 N–H and O–H groups in total. The minimum Gasteiger partial charge on any atom is -0.368 e. The summed E-state index contributed by atoms with van der Waals surface area (Å²) >= 11 is 0. The van der Waals surface area contributed by atoms with E-state index in [0.717, 1.165) is 41.9 Å². The number of hydrogen-bond donors (Lipinski definition) is 2. The molecule has 1 fully saturated rings. The van der Waals surface area contributed by atoms with Crippen molar-refractivity contribution in [2.75, 3.05) is 11.1 Å².